The molecule has 3 aromatic rings. The predicted octanol–water partition coefficient (Wildman–Crippen LogP) is 6.19. The molecule has 0 nitrogen and oxygen atoms in total. The summed E-state index contributed by atoms with van der Waals surface area (Å²) in [6, 6.07) is 26.4. The fraction of sp³-hybridized carbons (Fsp3) is 0.143. The van der Waals surface area contributed by atoms with Crippen molar-refractivity contribution in [2.45, 2.75) is 18.8 Å². The summed E-state index contributed by atoms with van der Waals surface area (Å²) in [5, 5.41) is 0. The van der Waals surface area contributed by atoms with Gasteiger partial charge in [0.15, 0.2) is 0 Å². The van der Waals surface area contributed by atoms with Gasteiger partial charge in [-0.1, -0.05) is 76.6 Å². The Morgan fingerprint density at radius 2 is 1.23 bits per heavy atom. The van der Waals surface area contributed by atoms with Crippen molar-refractivity contribution in [3.8, 4) is 11.1 Å². The van der Waals surface area contributed by atoms with Crippen molar-refractivity contribution in [3.63, 3.8) is 0 Å². The first-order valence-electron chi connectivity index (χ1n) is 7.75. The second kappa shape index (κ2) is 5.73. The summed E-state index contributed by atoms with van der Waals surface area (Å²) in [7, 11) is 0. The zero-order valence-corrected chi connectivity index (χ0v) is 13.9. The third-order valence-electron chi connectivity index (χ3n) is 4.60. The van der Waals surface area contributed by atoms with Crippen LogP contribution in [-0.2, 0) is 6.42 Å². The minimum Gasteiger partial charge on any atom is -0.0619 e. The van der Waals surface area contributed by atoms with E-state index in [2.05, 4.69) is 88.7 Å². The molecule has 0 radical (unpaired) electrons. The fourth-order valence-electron chi connectivity index (χ4n) is 3.53. The smallest absolute Gasteiger partial charge is 0.0175 e. The van der Waals surface area contributed by atoms with Crippen LogP contribution in [0.1, 0.15) is 29.0 Å². The molecule has 1 heteroatoms. The monoisotopic (exact) mass is 348 g/mol. The van der Waals surface area contributed by atoms with E-state index in [-0.39, 0.29) is 0 Å². The molecule has 0 atom stereocenters. The lowest BCUT2D eigenvalue weighted by molar-refractivity contribution is 0.729. The van der Waals surface area contributed by atoms with E-state index in [4.69, 9.17) is 0 Å². The van der Waals surface area contributed by atoms with E-state index in [1.165, 1.54) is 27.8 Å². The highest BCUT2D eigenvalue weighted by Gasteiger charge is 2.27. The van der Waals surface area contributed by atoms with Gasteiger partial charge in [-0.3, -0.25) is 0 Å². The molecule has 108 valence electrons. The van der Waals surface area contributed by atoms with Crippen molar-refractivity contribution >= 4 is 15.9 Å². The van der Waals surface area contributed by atoms with Gasteiger partial charge in [-0.2, -0.15) is 0 Å². The maximum Gasteiger partial charge on any atom is 0.0175 e. The van der Waals surface area contributed by atoms with Crippen LogP contribution in [0.3, 0.4) is 0 Å². The van der Waals surface area contributed by atoms with Gasteiger partial charge in [0.25, 0.3) is 0 Å². The molecule has 22 heavy (non-hydrogen) atoms. The second-order valence-electron chi connectivity index (χ2n) is 5.89. The Bertz CT molecular complexity index is 757. The molecule has 4 rings (SSSR count). The van der Waals surface area contributed by atoms with Gasteiger partial charge in [-0.05, 0) is 52.8 Å². The Hall–Kier alpha value is -1.86. The number of rotatable bonds is 3. The maximum atomic E-state index is 3.51. The summed E-state index contributed by atoms with van der Waals surface area (Å²) < 4.78 is 1.15. The van der Waals surface area contributed by atoms with E-state index >= 15 is 0 Å². The maximum absolute atomic E-state index is 3.51. The first kappa shape index (κ1) is 13.8. The van der Waals surface area contributed by atoms with Crippen molar-refractivity contribution in [2.24, 2.45) is 0 Å². The minimum atomic E-state index is 0.524. The van der Waals surface area contributed by atoms with Gasteiger partial charge in [0.1, 0.15) is 0 Å². The summed E-state index contributed by atoms with van der Waals surface area (Å²) in [5.74, 6) is 0.524. The molecule has 0 fully saturated rings. The molecular weight excluding hydrogens is 332 g/mol. The van der Waals surface area contributed by atoms with Gasteiger partial charge in [-0.15, -0.1) is 0 Å². The van der Waals surface area contributed by atoms with Crippen LogP contribution in [-0.4, -0.2) is 0 Å². The molecule has 0 spiro atoms. The highest BCUT2D eigenvalue weighted by molar-refractivity contribution is 9.10. The molecule has 0 heterocycles. The number of hydrogen-bond donors (Lipinski definition) is 0. The van der Waals surface area contributed by atoms with E-state index in [0.29, 0.717) is 5.92 Å². The summed E-state index contributed by atoms with van der Waals surface area (Å²) in [4.78, 5) is 0. The molecule has 3 aromatic carbocycles. The lowest BCUT2D eigenvalue weighted by atomic mass is 9.90. The van der Waals surface area contributed by atoms with E-state index < -0.39 is 0 Å². The Balaban J connectivity index is 1.65. The zero-order valence-electron chi connectivity index (χ0n) is 12.3. The molecule has 0 saturated carbocycles. The van der Waals surface area contributed by atoms with Crippen LogP contribution in [0.25, 0.3) is 11.1 Å². The average molecular weight is 349 g/mol. The van der Waals surface area contributed by atoms with Gasteiger partial charge in [0.05, 0.1) is 0 Å². The molecule has 0 aliphatic heterocycles. The van der Waals surface area contributed by atoms with E-state index in [1.807, 2.05) is 0 Å². The van der Waals surface area contributed by atoms with Crippen LogP contribution in [0, 0.1) is 0 Å². The zero-order chi connectivity index (χ0) is 14.9. The Labute approximate surface area is 140 Å². The Morgan fingerprint density at radius 3 is 1.82 bits per heavy atom. The van der Waals surface area contributed by atoms with Crippen LogP contribution in [0.5, 0.6) is 0 Å². The molecule has 1 aliphatic carbocycles. The number of hydrogen-bond acceptors (Lipinski definition) is 0. The number of fused-ring (bicyclic) bond motifs is 3. The molecular formula is C21H17Br. The Morgan fingerprint density at radius 1 is 0.682 bits per heavy atom. The first-order valence-corrected chi connectivity index (χ1v) is 8.55. The van der Waals surface area contributed by atoms with Crippen LogP contribution < -0.4 is 0 Å². The lowest BCUT2D eigenvalue weighted by Gasteiger charge is -2.13. The van der Waals surface area contributed by atoms with E-state index in [1.54, 1.807) is 0 Å². The molecule has 0 bridgehead atoms. The predicted molar refractivity (Wildman–Crippen MR) is 96.2 cm³/mol. The van der Waals surface area contributed by atoms with E-state index in [9.17, 15) is 0 Å². The molecule has 0 amide bonds. The van der Waals surface area contributed by atoms with Crippen molar-refractivity contribution in [2.75, 3.05) is 0 Å². The highest BCUT2D eigenvalue weighted by atomic mass is 79.9. The van der Waals surface area contributed by atoms with Crippen molar-refractivity contribution in [1.82, 2.24) is 0 Å². The highest BCUT2D eigenvalue weighted by Crippen LogP contribution is 2.46. The third kappa shape index (κ3) is 2.40. The topological polar surface area (TPSA) is 0 Å². The number of aryl methyl sites for hydroxylation is 1. The van der Waals surface area contributed by atoms with E-state index in [0.717, 1.165) is 17.3 Å². The average Bonchev–Trinajstić information content (AvgIpc) is 2.89. The van der Waals surface area contributed by atoms with Crippen LogP contribution >= 0.6 is 15.9 Å². The van der Waals surface area contributed by atoms with Crippen molar-refractivity contribution in [1.29, 1.82) is 0 Å². The number of halogens is 1. The quantitative estimate of drug-likeness (QED) is 0.528. The molecule has 0 N–H and O–H groups in total. The van der Waals surface area contributed by atoms with Gasteiger partial charge in [0.2, 0.25) is 0 Å². The summed E-state index contributed by atoms with van der Waals surface area (Å²) in [6.07, 6.45) is 2.27. The Kier molecular flexibility index (Phi) is 3.59. The molecule has 0 saturated heterocycles. The number of benzene rings is 3. The van der Waals surface area contributed by atoms with Gasteiger partial charge in [-0.25, -0.2) is 0 Å². The van der Waals surface area contributed by atoms with Crippen molar-refractivity contribution in [3.05, 3.63) is 94.0 Å². The summed E-state index contributed by atoms with van der Waals surface area (Å²) in [5.41, 5.74) is 7.21. The summed E-state index contributed by atoms with van der Waals surface area (Å²) in [6.45, 7) is 0. The van der Waals surface area contributed by atoms with Crippen molar-refractivity contribution < 1.29 is 0 Å². The standard InChI is InChI=1S/C21H17Br/c22-16-12-9-15(10-13-16)11-14-21-19-7-3-1-5-17(19)18-6-2-4-8-20(18)21/h1-10,12-13,21H,11,14H2. The molecule has 0 unspecified atom stereocenters. The van der Waals surface area contributed by atoms with Crippen LogP contribution in [0.2, 0.25) is 0 Å². The fourth-order valence-corrected chi connectivity index (χ4v) is 3.80. The molecule has 1 aliphatic rings. The normalized spacial score (nSPS) is 13.0. The second-order valence-corrected chi connectivity index (χ2v) is 6.81. The SMILES string of the molecule is Brc1ccc(CCC2c3ccccc3-c3ccccc32)cc1. The van der Waals surface area contributed by atoms with Crippen LogP contribution in [0.4, 0.5) is 0 Å². The largest absolute Gasteiger partial charge is 0.0619 e. The van der Waals surface area contributed by atoms with Gasteiger partial charge >= 0.3 is 0 Å². The van der Waals surface area contributed by atoms with Gasteiger partial charge < -0.3 is 0 Å². The molecule has 0 aromatic heterocycles. The first-order chi connectivity index (χ1) is 10.8. The lowest BCUT2D eigenvalue weighted by Crippen LogP contribution is -1.99. The van der Waals surface area contributed by atoms with Gasteiger partial charge in [0, 0.05) is 10.4 Å². The minimum absolute atomic E-state index is 0.524. The summed E-state index contributed by atoms with van der Waals surface area (Å²) >= 11 is 3.51. The third-order valence-corrected chi connectivity index (χ3v) is 5.13. The van der Waals surface area contributed by atoms with Crippen LogP contribution in [0.15, 0.2) is 77.3 Å².